The molecule has 3 rings (SSSR count). The van der Waals surface area contributed by atoms with Crippen molar-refractivity contribution in [3.63, 3.8) is 0 Å². The predicted octanol–water partition coefficient (Wildman–Crippen LogP) is 2.52. The van der Waals surface area contributed by atoms with Crippen LogP contribution in [0.25, 0.3) is 0 Å². The van der Waals surface area contributed by atoms with Crippen LogP contribution in [0.5, 0.6) is 0 Å². The van der Waals surface area contributed by atoms with Crippen molar-refractivity contribution in [3.8, 4) is 0 Å². The second-order valence-electron chi connectivity index (χ2n) is 6.29. The van der Waals surface area contributed by atoms with Crippen molar-refractivity contribution >= 4 is 28.9 Å². The number of carbonyl (C=O) groups excluding carboxylic acids is 1. The van der Waals surface area contributed by atoms with Crippen LogP contribution in [-0.4, -0.2) is 48.3 Å². The zero-order chi connectivity index (χ0) is 19.8. The summed E-state index contributed by atoms with van der Waals surface area (Å²) >= 11 is 0. The summed E-state index contributed by atoms with van der Waals surface area (Å²) < 4.78 is 0. The van der Waals surface area contributed by atoms with Crippen LogP contribution in [0, 0.1) is 0 Å². The van der Waals surface area contributed by atoms with E-state index >= 15 is 0 Å². The fourth-order valence-corrected chi connectivity index (χ4v) is 2.46. The van der Waals surface area contributed by atoms with Gasteiger partial charge in [-0.2, -0.15) is 0 Å². The molecule has 3 N–H and O–H groups in total. The Kier molecular flexibility index (Phi) is 6.35. The Hall–Kier alpha value is -3.68. The fraction of sp³-hybridized carbons (Fsp3) is 0.200. The molecule has 0 aliphatic heterocycles. The second kappa shape index (κ2) is 9.31. The van der Waals surface area contributed by atoms with Gasteiger partial charge in [0.15, 0.2) is 5.82 Å². The molecule has 0 spiro atoms. The standard InChI is InChI=1S/C20H23N7O/c1-27(2)17-7-5-15(6-8-17)20(28)23-13-12-22-18-9-10-19(26-25-18)24-16-4-3-11-21-14-16/h3-11,14H,12-13H2,1-2H3,(H,22,25)(H,23,28)(H,24,26). The van der Waals surface area contributed by atoms with Crippen LogP contribution in [0.1, 0.15) is 10.4 Å². The lowest BCUT2D eigenvalue weighted by Gasteiger charge is -2.12. The quantitative estimate of drug-likeness (QED) is 0.519. The van der Waals surface area contributed by atoms with E-state index in [0.29, 0.717) is 30.3 Å². The average Bonchev–Trinajstić information content (AvgIpc) is 2.73. The van der Waals surface area contributed by atoms with Gasteiger partial charge in [-0.3, -0.25) is 9.78 Å². The Morgan fingerprint density at radius 2 is 1.71 bits per heavy atom. The molecule has 28 heavy (non-hydrogen) atoms. The minimum Gasteiger partial charge on any atom is -0.378 e. The molecule has 8 nitrogen and oxygen atoms in total. The molecule has 3 aromatic rings. The molecule has 0 aliphatic rings. The van der Waals surface area contributed by atoms with Gasteiger partial charge in [-0.1, -0.05) is 0 Å². The third kappa shape index (κ3) is 5.41. The van der Waals surface area contributed by atoms with E-state index in [0.717, 1.165) is 11.4 Å². The smallest absolute Gasteiger partial charge is 0.251 e. The summed E-state index contributed by atoms with van der Waals surface area (Å²) in [6.07, 6.45) is 3.42. The fourth-order valence-electron chi connectivity index (χ4n) is 2.46. The monoisotopic (exact) mass is 377 g/mol. The first-order valence-electron chi connectivity index (χ1n) is 8.92. The van der Waals surface area contributed by atoms with Gasteiger partial charge in [-0.05, 0) is 48.5 Å². The molecule has 2 heterocycles. The molecule has 1 aromatic carbocycles. The number of hydrogen-bond donors (Lipinski definition) is 3. The van der Waals surface area contributed by atoms with E-state index in [4.69, 9.17) is 0 Å². The number of rotatable bonds is 8. The van der Waals surface area contributed by atoms with Gasteiger partial charge >= 0.3 is 0 Å². The van der Waals surface area contributed by atoms with Gasteiger partial charge in [-0.15, -0.1) is 10.2 Å². The van der Waals surface area contributed by atoms with Crippen LogP contribution >= 0.6 is 0 Å². The zero-order valence-electron chi connectivity index (χ0n) is 15.9. The highest BCUT2D eigenvalue weighted by molar-refractivity contribution is 5.94. The average molecular weight is 377 g/mol. The normalized spacial score (nSPS) is 10.2. The van der Waals surface area contributed by atoms with Crippen molar-refractivity contribution in [2.45, 2.75) is 0 Å². The van der Waals surface area contributed by atoms with E-state index in [2.05, 4.69) is 31.1 Å². The van der Waals surface area contributed by atoms with Crippen molar-refractivity contribution in [2.75, 3.05) is 42.7 Å². The lowest BCUT2D eigenvalue weighted by molar-refractivity contribution is 0.0955. The SMILES string of the molecule is CN(C)c1ccc(C(=O)NCCNc2ccc(Nc3cccnc3)nn2)cc1. The molecule has 2 aromatic heterocycles. The van der Waals surface area contributed by atoms with Gasteiger partial charge in [0.25, 0.3) is 5.91 Å². The van der Waals surface area contributed by atoms with Gasteiger partial charge in [0.1, 0.15) is 5.82 Å². The van der Waals surface area contributed by atoms with E-state index in [9.17, 15) is 4.79 Å². The number of carbonyl (C=O) groups is 1. The van der Waals surface area contributed by atoms with Gasteiger partial charge in [0.2, 0.25) is 0 Å². The Morgan fingerprint density at radius 3 is 2.36 bits per heavy atom. The summed E-state index contributed by atoms with van der Waals surface area (Å²) in [5.74, 6) is 1.17. The number of aromatic nitrogens is 3. The Labute approximate surface area is 164 Å². The van der Waals surface area contributed by atoms with E-state index < -0.39 is 0 Å². The van der Waals surface area contributed by atoms with E-state index in [1.165, 1.54) is 0 Å². The van der Waals surface area contributed by atoms with Gasteiger partial charge < -0.3 is 20.9 Å². The van der Waals surface area contributed by atoms with Crippen molar-refractivity contribution in [1.29, 1.82) is 0 Å². The molecule has 0 radical (unpaired) electrons. The molecular formula is C20H23N7O. The van der Waals surface area contributed by atoms with E-state index in [-0.39, 0.29) is 5.91 Å². The molecule has 0 saturated heterocycles. The van der Waals surface area contributed by atoms with Crippen LogP contribution in [-0.2, 0) is 0 Å². The molecule has 144 valence electrons. The lowest BCUT2D eigenvalue weighted by atomic mass is 10.2. The van der Waals surface area contributed by atoms with Crippen molar-refractivity contribution < 1.29 is 4.79 Å². The van der Waals surface area contributed by atoms with Crippen LogP contribution in [0.4, 0.5) is 23.0 Å². The molecule has 1 amide bonds. The summed E-state index contributed by atoms with van der Waals surface area (Å²) in [6, 6.07) is 14.9. The summed E-state index contributed by atoms with van der Waals surface area (Å²) in [5, 5.41) is 17.4. The molecule has 0 fully saturated rings. The van der Waals surface area contributed by atoms with Crippen LogP contribution in [0.2, 0.25) is 0 Å². The van der Waals surface area contributed by atoms with Crippen LogP contribution in [0.3, 0.4) is 0 Å². The predicted molar refractivity (Wildman–Crippen MR) is 111 cm³/mol. The highest BCUT2D eigenvalue weighted by atomic mass is 16.1. The summed E-state index contributed by atoms with van der Waals surface area (Å²) in [6.45, 7) is 1.03. The highest BCUT2D eigenvalue weighted by Crippen LogP contribution is 2.13. The van der Waals surface area contributed by atoms with E-state index in [1.54, 1.807) is 12.4 Å². The third-order valence-electron chi connectivity index (χ3n) is 3.96. The van der Waals surface area contributed by atoms with Crippen LogP contribution in [0.15, 0.2) is 60.9 Å². The number of benzene rings is 1. The third-order valence-corrected chi connectivity index (χ3v) is 3.96. The summed E-state index contributed by atoms with van der Waals surface area (Å²) in [5.41, 5.74) is 2.54. The molecule has 8 heteroatoms. The second-order valence-corrected chi connectivity index (χ2v) is 6.29. The molecule has 0 unspecified atom stereocenters. The Bertz CT molecular complexity index is 881. The summed E-state index contributed by atoms with van der Waals surface area (Å²) in [4.78, 5) is 18.2. The van der Waals surface area contributed by atoms with Crippen molar-refractivity contribution in [1.82, 2.24) is 20.5 Å². The Balaban J connectivity index is 1.41. The van der Waals surface area contributed by atoms with Crippen molar-refractivity contribution in [3.05, 3.63) is 66.5 Å². The number of nitrogens with one attached hydrogen (secondary N) is 3. The van der Waals surface area contributed by atoms with Gasteiger partial charge in [-0.25, -0.2) is 0 Å². The molecule has 0 atom stereocenters. The molecule has 0 saturated carbocycles. The lowest BCUT2D eigenvalue weighted by Crippen LogP contribution is -2.29. The molecular weight excluding hydrogens is 354 g/mol. The van der Waals surface area contributed by atoms with E-state index in [1.807, 2.05) is 67.5 Å². The number of amides is 1. The summed E-state index contributed by atoms with van der Waals surface area (Å²) in [7, 11) is 3.93. The van der Waals surface area contributed by atoms with Gasteiger partial charge in [0, 0.05) is 44.6 Å². The number of nitrogens with zero attached hydrogens (tertiary/aromatic N) is 4. The topological polar surface area (TPSA) is 95.1 Å². The zero-order valence-corrected chi connectivity index (χ0v) is 15.9. The number of hydrogen-bond acceptors (Lipinski definition) is 7. The highest BCUT2D eigenvalue weighted by Gasteiger charge is 2.05. The van der Waals surface area contributed by atoms with Gasteiger partial charge in [0.05, 0.1) is 11.9 Å². The molecule has 0 bridgehead atoms. The number of anilines is 4. The first-order chi connectivity index (χ1) is 13.6. The number of pyridine rings is 1. The van der Waals surface area contributed by atoms with Crippen molar-refractivity contribution in [2.24, 2.45) is 0 Å². The maximum Gasteiger partial charge on any atom is 0.251 e. The maximum absolute atomic E-state index is 12.2. The largest absolute Gasteiger partial charge is 0.378 e. The minimum absolute atomic E-state index is 0.103. The Morgan fingerprint density at radius 1 is 0.964 bits per heavy atom. The maximum atomic E-state index is 12.2. The minimum atomic E-state index is -0.103. The molecule has 0 aliphatic carbocycles. The first kappa shape index (κ1) is 19.1. The van der Waals surface area contributed by atoms with Crippen LogP contribution < -0.4 is 20.9 Å². The first-order valence-corrected chi connectivity index (χ1v) is 8.92.